The second kappa shape index (κ2) is 5.87. The second-order valence-electron chi connectivity index (χ2n) is 3.90. The summed E-state index contributed by atoms with van der Waals surface area (Å²) in [6, 6.07) is 0.533. The van der Waals surface area contributed by atoms with Gasteiger partial charge in [0.2, 0.25) is 5.95 Å². The number of halogens is 1. The fraction of sp³-hybridized carbons (Fsp3) is 0.636. The molecule has 88 valence electrons. The summed E-state index contributed by atoms with van der Waals surface area (Å²) >= 11 is 5.38. The van der Waals surface area contributed by atoms with Crippen LogP contribution in [-0.4, -0.2) is 27.0 Å². The largest absolute Gasteiger partial charge is 0.350 e. The highest BCUT2D eigenvalue weighted by atomic mass is 79.9. The fourth-order valence-electron chi connectivity index (χ4n) is 2.06. The fourth-order valence-corrected chi connectivity index (χ4v) is 3.46. The van der Waals surface area contributed by atoms with Crippen LogP contribution in [0.15, 0.2) is 16.9 Å². The van der Waals surface area contributed by atoms with Gasteiger partial charge in [0.25, 0.3) is 0 Å². The number of aromatic nitrogens is 2. The Bertz CT molecular complexity index is 331. The Morgan fingerprint density at radius 2 is 2.19 bits per heavy atom. The molecule has 1 aromatic heterocycles. The van der Waals surface area contributed by atoms with E-state index in [1.165, 1.54) is 25.0 Å². The lowest BCUT2D eigenvalue weighted by Gasteiger charge is -2.19. The SMILES string of the molecule is CCSC1CCCC1Nc1ncc(Br)cn1. The summed E-state index contributed by atoms with van der Waals surface area (Å²) in [5.41, 5.74) is 0. The molecule has 0 saturated heterocycles. The first kappa shape index (κ1) is 12.2. The lowest BCUT2D eigenvalue weighted by molar-refractivity contribution is 0.755. The molecular weight excluding hydrogens is 286 g/mol. The summed E-state index contributed by atoms with van der Waals surface area (Å²) in [6.07, 6.45) is 7.42. The number of hydrogen-bond acceptors (Lipinski definition) is 4. The molecule has 2 rings (SSSR count). The summed E-state index contributed by atoms with van der Waals surface area (Å²) < 4.78 is 0.920. The second-order valence-corrected chi connectivity index (χ2v) is 6.33. The van der Waals surface area contributed by atoms with Gasteiger partial charge in [-0.25, -0.2) is 9.97 Å². The maximum absolute atomic E-state index is 4.26. The lowest BCUT2D eigenvalue weighted by atomic mass is 10.2. The van der Waals surface area contributed by atoms with Crippen molar-refractivity contribution in [1.82, 2.24) is 9.97 Å². The zero-order valence-electron chi connectivity index (χ0n) is 9.32. The summed E-state index contributed by atoms with van der Waals surface area (Å²) in [7, 11) is 0. The van der Waals surface area contributed by atoms with Crippen LogP contribution in [0.3, 0.4) is 0 Å². The molecule has 0 radical (unpaired) electrons. The molecule has 1 heterocycles. The van der Waals surface area contributed by atoms with Crippen molar-refractivity contribution in [2.24, 2.45) is 0 Å². The number of anilines is 1. The van der Waals surface area contributed by atoms with E-state index >= 15 is 0 Å². The van der Waals surface area contributed by atoms with Gasteiger partial charge in [-0.3, -0.25) is 0 Å². The van der Waals surface area contributed by atoms with E-state index in [0.29, 0.717) is 6.04 Å². The van der Waals surface area contributed by atoms with Gasteiger partial charge < -0.3 is 5.32 Å². The smallest absolute Gasteiger partial charge is 0.222 e. The van der Waals surface area contributed by atoms with Crippen LogP contribution in [0.25, 0.3) is 0 Å². The first-order chi connectivity index (χ1) is 7.79. The molecular formula is C11H16BrN3S. The van der Waals surface area contributed by atoms with Crippen molar-refractivity contribution in [2.75, 3.05) is 11.1 Å². The summed E-state index contributed by atoms with van der Waals surface area (Å²) in [6.45, 7) is 2.22. The van der Waals surface area contributed by atoms with E-state index in [1.54, 1.807) is 12.4 Å². The monoisotopic (exact) mass is 301 g/mol. The molecule has 1 aliphatic carbocycles. The van der Waals surface area contributed by atoms with Crippen LogP contribution in [0.1, 0.15) is 26.2 Å². The van der Waals surface area contributed by atoms with E-state index in [0.717, 1.165) is 15.7 Å². The summed E-state index contributed by atoms with van der Waals surface area (Å²) in [5, 5.41) is 4.16. The molecule has 1 saturated carbocycles. The van der Waals surface area contributed by atoms with Gasteiger partial charge in [-0.2, -0.15) is 11.8 Å². The Labute approximate surface area is 109 Å². The molecule has 0 spiro atoms. The average molecular weight is 302 g/mol. The van der Waals surface area contributed by atoms with Crippen LogP contribution in [0, 0.1) is 0 Å². The minimum Gasteiger partial charge on any atom is -0.350 e. The van der Waals surface area contributed by atoms with Crippen LogP contribution >= 0.6 is 27.7 Å². The van der Waals surface area contributed by atoms with Crippen LogP contribution in [-0.2, 0) is 0 Å². The molecule has 5 heteroatoms. The van der Waals surface area contributed by atoms with Gasteiger partial charge in [-0.1, -0.05) is 13.3 Å². The topological polar surface area (TPSA) is 37.8 Å². The molecule has 0 amide bonds. The molecule has 0 bridgehead atoms. The molecule has 3 nitrogen and oxygen atoms in total. The summed E-state index contributed by atoms with van der Waals surface area (Å²) in [5.74, 6) is 1.93. The molecule has 2 unspecified atom stereocenters. The van der Waals surface area contributed by atoms with Crippen LogP contribution < -0.4 is 5.32 Å². The van der Waals surface area contributed by atoms with Crippen molar-refractivity contribution in [3.05, 3.63) is 16.9 Å². The molecule has 0 aliphatic heterocycles. The van der Waals surface area contributed by atoms with Crippen LogP contribution in [0.2, 0.25) is 0 Å². The quantitative estimate of drug-likeness (QED) is 0.926. The standard InChI is InChI=1S/C11H16BrN3S/c1-2-16-10-5-3-4-9(10)15-11-13-6-8(12)7-14-11/h6-7,9-10H,2-5H2,1H3,(H,13,14,15). The number of hydrogen-bond donors (Lipinski definition) is 1. The third kappa shape index (κ3) is 3.10. The first-order valence-corrected chi connectivity index (χ1v) is 7.49. The third-order valence-electron chi connectivity index (χ3n) is 2.77. The van der Waals surface area contributed by atoms with Gasteiger partial charge in [0, 0.05) is 23.7 Å². The number of thioether (sulfide) groups is 1. The highest BCUT2D eigenvalue weighted by Gasteiger charge is 2.27. The molecule has 16 heavy (non-hydrogen) atoms. The predicted octanol–water partition coefficient (Wildman–Crippen LogP) is 3.33. The van der Waals surface area contributed by atoms with Crippen molar-refractivity contribution >= 4 is 33.6 Å². The van der Waals surface area contributed by atoms with Gasteiger partial charge in [0.15, 0.2) is 0 Å². The predicted molar refractivity (Wildman–Crippen MR) is 72.9 cm³/mol. The van der Waals surface area contributed by atoms with E-state index in [1.807, 2.05) is 11.8 Å². The maximum atomic E-state index is 4.26. The van der Waals surface area contributed by atoms with Crippen LogP contribution in [0.5, 0.6) is 0 Å². The van der Waals surface area contributed by atoms with Gasteiger partial charge in [0.05, 0.1) is 4.47 Å². The molecule has 2 atom stereocenters. The lowest BCUT2D eigenvalue weighted by Crippen LogP contribution is -2.27. The van der Waals surface area contributed by atoms with Crippen molar-refractivity contribution in [1.29, 1.82) is 0 Å². The number of nitrogens with zero attached hydrogens (tertiary/aromatic N) is 2. The van der Waals surface area contributed by atoms with E-state index < -0.39 is 0 Å². The zero-order chi connectivity index (χ0) is 11.4. The van der Waals surface area contributed by atoms with Crippen molar-refractivity contribution in [2.45, 2.75) is 37.5 Å². The highest BCUT2D eigenvalue weighted by Crippen LogP contribution is 2.31. The summed E-state index contributed by atoms with van der Waals surface area (Å²) in [4.78, 5) is 8.52. The number of nitrogens with one attached hydrogen (secondary N) is 1. The van der Waals surface area contributed by atoms with Crippen molar-refractivity contribution in [3.63, 3.8) is 0 Å². The third-order valence-corrected chi connectivity index (χ3v) is 4.50. The van der Waals surface area contributed by atoms with E-state index in [4.69, 9.17) is 0 Å². The minimum absolute atomic E-state index is 0.533. The van der Waals surface area contributed by atoms with Gasteiger partial charge in [-0.15, -0.1) is 0 Å². The molecule has 0 aromatic carbocycles. The van der Waals surface area contributed by atoms with E-state index in [9.17, 15) is 0 Å². The van der Waals surface area contributed by atoms with Gasteiger partial charge in [-0.05, 0) is 34.5 Å². The normalized spacial score (nSPS) is 24.6. The molecule has 1 fully saturated rings. The first-order valence-electron chi connectivity index (χ1n) is 5.65. The zero-order valence-corrected chi connectivity index (χ0v) is 11.7. The molecule has 1 aliphatic rings. The van der Waals surface area contributed by atoms with Crippen LogP contribution in [0.4, 0.5) is 5.95 Å². The average Bonchev–Trinajstić information content (AvgIpc) is 2.70. The minimum atomic E-state index is 0.533. The Morgan fingerprint density at radius 1 is 1.44 bits per heavy atom. The Kier molecular flexibility index (Phi) is 4.46. The molecule has 1 N–H and O–H groups in total. The van der Waals surface area contributed by atoms with E-state index in [-0.39, 0.29) is 0 Å². The van der Waals surface area contributed by atoms with Crippen molar-refractivity contribution in [3.8, 4) is 0 Å². The Morgan fingerprint density at radius 3 is 2.88 bits per heavy atom. The number of rotatable bonds is 4. The highest BCUT2D eigenvalue weighted by molar-refractivity contribution is 9.10. The van der Waals surface area contributed by atoms with E-state index in [2.05, 4.69) is 38.1 Å². The van der Waals surface area contributed by atoms with Crippen molar-refractivity contribution < 1.29 is 0 Å². The maximum Gasteiger partial charge on any atom is 0.222 e. The molecule has 1 aromatic rings. The Balaban J connectivity index is 1.95. The van der Waals surface area contributed by atoms with Gasteiger partial charge in [0.1, 0.15) is 0 Å². The Hall–Kier alpha value is -0.290. The van der Waals surface area contributed by atoms with Gasteiger partial charge >= 0.3 is 0 Å².